The van der Waals surface area contributed by atoms with E-state index in [1.807, 2.05) is 0 Å². The predicted molar refractivity (Wildman–Crippen MR) is 123 cm³/mol. The largest absolute Gasteiger partial charge is 0.853 e. The highest BCUT2D eigenvalue weighted by Gasteiger charge is 2.32. The minimum absolute atomic E-state index is 0.139. The van der Waals surface area contributed by atoms with Crippen molar-refractivity contribution in [3.63, 3.8) is 0 Å². The lowest BCUT2D eigenvalue weighted by molar-refractivity contribution is 0.440. The number of fused-ring (bicyclic) bond motifs is 7. The summed E-state index contributed by atoms with van der Waals surface area (Å²) in [6.45, 7) is 0. The Bertz CT molecular complexity index is 1050. The van der Waals surface area contributed by atoms with Crippen LogP contribution in [-0.2, 0) is 0 Å². The first kappa shape index (κ1) is 19.4. The summed E-state index contributed by atoms with van der Waals surface area (Å²) in [5.41, 5.74) is 2.30. The molecular formula is C24H24Al2O2. The van der Waals surface area contributed by atoms with Gasteiger partial charge in [-0.1, -0.05) is 60.7 Å². The third-order valence-corrected chi connectivity index (χ3v) is 5.79. The Morgan fingerprint density at radius 2 is 1.00 bits per heavy atom. The van der Waals surface area contributed by atoms with Crippen molar-refractivity contribution in [2.75, 3.05) is 0 Å². The number of benzene rings is 4. The van der Waals surface area contributed by atoms with E-state index < -0.39 is 14.8 Å². The average Bonchev–Trinajstić information content (AvgIpc) is 2.83. The second-order valence-electron chi connectivity index (χ2n) is 7.86. The molecule has 0 spiro atoms. The van der Waals surface area contributed by atoms with Gasteiger partial charge < -0.3 is 7.58 Å². The lowest BCUT2D eigenvalue weighted by atomic mass is 9.92. The van der Waals surface area contributed by atoms with Crippen LogP contribution in [0.15, 0.2) is 72.8 Å². The van der Waals surface area contributed by atoms with Crippen molar-refractivity contribution in [1.29, 1.82) is 0 Å². The molecule has 5 rings (SSSR count). The third-order valence-electron chi connectivity index (χ3n) is 4.62. The Labute approximate surface area is 176 Å². The standard InChI is InChI=1S/C20H14O2.4CH3.2Al/c21-17-11-9-13-5-1-3-7-15(13)19(17)20-16-8-4-2-6-14(16)10-12-18(20)22;;;;;;/h1-12,21-22H;4*1H3;;/q;;;;;;+2/p-2. The highest BCUT2D eigenvalue weighted by Crippen LogP contribution is 2.47. The van der Waals surface area contributed by atoms with Gasteiger partial charge in [0.25, 0.3) is 14.1 Å². The van der Waals surface area contributed by atoms with Crippen LogP contribution in [-0.4, -0.2) is 29.0 Å². The molecule has 1 heterocycles. The van der Waals surface area contributed by atoms with Crippen molar-refractivity contribution >= 4 is 50.5 Å². The Morgan fingerprint density at radius 3 is 1.43 bits per heavy atom. The maximum atomic E-state index is 6.21. The monoisotopic (exact) mass is 398 g/mol. The second-order valence-corrected chi connectivity index (χ2v) is 12.9. The predicted octanol–water partition coefficient (Wildman–Crippen LogP) is 6.92. The van der Waals surface area contributed by atoms with Crippen LogP contribution in [0.2, 0.25) is 23.1 Å². The Morgan fingerprint density at radius 1 is 0.607 bits per heavy atom. The van der Waals surface area contributed by atoms with E-state index in [9.17, 15) is 0 Å². The summed E-state index contributed by atoms with van der Waals surface area (Å²) in [4.78, 5) is 0. The lowest BCUT2D eigenvalue weighted by Gasteiger charge is -2.15. The Balaban J connectivity index is 0.000000442. The molecule has 4 aromatic carbocycles. The molecule has 4 heteroatoms. The first-order chi connectivity index (χ1) is 13.5. The van der Waals surface area contributed by atoms with Gasteiger partial charge in [-0.05, 0) is 39.5 Å². The summed E-state index contributed by atoms with van der Waals surface area (Å²) in [6.07, 6.45) is 0. The van der Waals surface area contributed by atoms with Gasteiger partial charge in [0, 0.05) is 11.1 Å². The summed E-state index contributed by atoms with van der Waals surface area (Å²) in [5.74, 6) is 10.9. The molecule has 28 heavy (non-hydrogen) atoms. The molecule has 1 aliphatic heterocycles. The van der Waals surface area contributed by atoms with Crippen LogP contribution in [0.3, 0.4) is 0 Å². The molecule has 0 radical (unpaired) electrons. The van der Waals surface area contributed by atoms with Gasteiger partial charge in [0.05, 0.1) is 11.5 Å². The zero-order chi connectivity index (χ0) is 19.7. The molecule has 0 aliphatic carbocycles. The van der Waals surface area contributed by atoms with Gasteiger partial charge in [-0.15, -0.1) is 17.4 Å². The fraction of sp³-hybridized carbons (Fsp3) is 0.167. The normalized spacial score (nSPS) is 12.1. The summed E-state index contributed by atoms with van der Waals surface area (Å²) < 4.78 is 12.4. The van der Waals surface area contributed by atoms with Crippen LogP contribution in [0.25, 0.3) is 32.7 Å². The van der Waals surface area contributed by atoms with Gasteiger partial charge in [-0.2, -0.15) is 0 Å². The van der Waals surface area contributed by atoms with Crippen LogP contribution in [0, 0.1) is 0 Å². The van der Waals surface area contributed by atoms with Gasteiger partial charge in [0.15, 0.2) is 0 Å². The number of hydrogen-bond donors (Lipinski definition) is 0. The van der Waals surface area contributed by atoms with Gasteiger partial charge in [0.2, 0.25) is 0 Å². The minimum atomic E-state index is -1.77. The second kappa shape index (κ2) is 8.20. The average molecular weight is 398 g/mol. The van der Waals surface area contributed by atoms with Crippen LogP contribution >= 0.6 is 0 Å². The van der Waals surface area contributed by atoms with Crippen molar-refractivity contribution < 1.29 is 7.58 Å². The zero-order valence-corrected chi connectivity index (χ0v) is 19.2. The van der Waals surface area contributed by atoms with E-state index in [1.165, 1.54) is 21.5 Å². The fourth-order valence-corrected chi connectivity index (χ4v) is 4.75. The molecule has 0 aromatic heterocycles. The van der Waals surface area contributed by atoms with Gasteiger partial charge in [0.1, 0.15) is 0 Å². The molecule has 138 valence electrons. The van der Waals surface area contributed by atoms with Crippen LogP contribution in [0.4, 0.5) is 0 Å². The summed E-state index contributed by atoms with van der Waals surface area (Å²) >= 11 is -1.91. The third kappa shape index (κ3) is 3.80. The van der Waals surface area contributed by atoms with E-state index in [-0.39, 0.29) is 14.1 Å². The Kier molecular flexibility index (Phi) is 5.68. The summed E-state index contributed by atoms with van der Waals surface area (Å²) in [7, 11) is 0. The minimum Gasteiger partial charge on any atom is -0.611 e. The van der Waals surface area contributed by atoms with Crippen molar-refractivity contribution in [3.8, 4) is 22.6 Å². The smallest absolute Gasteiger partial charge is 0.611 e. The molecule has 0 N–H and O–H groups in total. The highest BCUT2D eigenvalue weighted by atomic mass is 27.2. The molecule has 0 saturated heterocycles. The molecule has 0 saturated carbocycles. The Hall–Kier alpha value is -1.94. The molecule has 0 unspecified atom stereocenters. The number of hydrogen-bond acceptors (Lipinski definition) is 2. The molecule has 0 atom stereocenters. The van der Waals surface area contributed by atoms with Gasteiger partial charge in [-0.3, -0.25) is 0 Å². The van der Waals surface area contributed by atoms with Gasteiger partial charge >= 0.3 is 14.8 Å². The summed E-state index contributed by atoms with van der Waals surface area (Å²) in [5, 5.41) is 4.85. The highest BCUT2D eigenvalue weighted by molar-refractivity contribution is 6.54. The first-order valence-corrected chi connectivity index (χ1v) is 15.5. The topological polar surface area (TPSA) is 18.5 Å². The van der Waals surface area contributed by atoms with Crippen molar-refractivity contribution in [2.24, 2.45) is 0 Å². The van der Waals surface area contributed by atoms with E-state index >= 15 is 0 Å². The summed E-state index contributed by atoms with van der Waals surface area (Å²) in [6, 6.07) is 25.4. The number of rotatable bonds is 0. The quantitative estimate of drug-likeness (QED) is 0.299. The lowest BCUT2D eigenvalue weighted by Crippen LogP contribution is -2.24. The van der Waals surface area contributed by atoms with Crippen molar-refractivity contribution in [2.45, 2.75) is 23.1 Å². The zero-order valence-electron chi connectivity index (χ0n) is 16.9. The SMILES string of the molecule is [CH3][Al]([CH3])[CH3].[CH3][Al]1[O]c2ccc3ccccc3c2-c2c(ccc3ccccc23)[O]1. The molecule has 1 aliphatic rings. The first-order valence-electron chi connectivity index (χ1n) is 9.92. The maximum Gasteiger partial charge on any atom is 0.853 e. The van der Waals surface area contributed by atoms with E-state index in [1.54, 1.807) is 0 Å². The molecule has 0 fully saturated rings. The molecule has 0 amide bonds. The molecule has 2 nitrogen and oxygen atoms in total. The van der Waals surface area contributed by atoms with Crippen molar-refractivity contribution in [1.82, 2.24) is 0 Å². The van der Waals surface area contributed by atoms with Crippen molar-refractivity contribution in [3.05, 3.63) is 72.8 Å². The van der Waals surface area contributed by atoms with Crippen LogP contribution < -0.4 is 7.58 Å². The van der Waals surface area contributed by atoms with Crippen LogP contribution in [0.1, 0.15) is 0 Å². The fourth-order valence-electron chi connectivity index (χ4n) is 3.60. The molecular weight excluding hydrogens is 374 g/mol. The van der Waals surface area contributed by atoms with E-state index in [0.717, 1.165) is 22.6 Å². The van der Waals surface area contributed by atoms with Crippen LogP contribution in [0.5, 0.6) is 11.5 Å². The van der Waals surface area contributed by atoms with Gasteiger partial charge in [-0.25, -0.2) is 0 Å². The molecule has 4 aromatic rings. The van der Waals surface area contributed by atoms with E-state index in [0.29, 0.717) is 0 Å². The van der Waals surface area contributed by atoms with E-state index in [2.05, 4.69) is 95.9 Å². The van der Waals surface area contributed by atoms with E-state index in [4.69, 9.17) is 7.58 Å². The maximum absolute atomic E-state index is 6.21. The molecule has 0 bridgehead atoms.